The fourth-order valence-electron chi connectivity index (χ4n) is 0.823. The maximum atomic E-state index is 10.6. The Morgan fingerprint density at radius 2 is 1.92 bits per heavy atom. The molecular weight excluding hydrogens is 216 g/mol. The van der Waals surface area contributed by atoms with Gasteiger partial charge in [-0.05, 0) is 12.8 Å². The Morgan fingerprint density at radius 3 is 2.38 bits per heavy atom. The Morgan fingerprint density at radius 1 is 1.31 bits per heavy atom. The molecule has 0 N–H and O–H groups in total. The first-order valence-corrected chi connectivity index (χ1v) is 6.42. The number of ether oxygens (including phenoxy) is 1. The molecule has 0 aliphatic heterocycles. The zero-order valence-electron chi connectivity index (χ0n) is 7.45. The van der Waals surface area contributed by atoms with Gasteiger partial charge in [-0.1, -0.05) is 6.42 Å². The van der Waals surface area contributed by atoms with Gasteiger partial charge in [0.05, 0.1) is 12.9 Å². The second kappa shape index (κ2) is 6.21. The van der Waals surface area contributed by atoms with Gasteiger partial charge in [0.2, 0.25) is 9.05 Å². The molecule has 4 nitrogen and oxygen atoms in total. The highest BCUT2D eigenvalue weighted by atomic mass is 35.7. The SMILES string of the molecule is COC(=O)CCCCCS(=O)(=O)Cl. The highest BCUT2D eigenvalue weighted by Gasteiger charge is 2.05. The van der Waals surface area contributed by atoms with Crippen LogP contribution in [0.15, 0.2) is 0 Å². The average molecular weight is 229 g/mol. The van der Waals surface area contributed by atoms with Gasteiger partial charge in [-0.25, -0.2) is 8.42 Å². The third-order valence-electron chi connectivity index (χ3n) is 1.50. The van der Waals surface area contributed by atoms with E-state index in [1.165, 1.54) is 7.11 Å². The van der Waals surface area contributed by atoms with Crippen LogP contribution in [0.2, 0.25) is 0 Å². The summed E-state index contributed by atoms with van der Waals surface area (Å²) in [6.45, 7) is 0. The third-order valence-corrected chi connectivity index (χ3v) is 2.74. The van der Waals surface area contributed by atoms with E-state index in [9.17, 15) is 13.2 Å². The molecule has 0 fully saturated rings. The fraction of sp³-hybridized carbons (Fsp3) is 0.857. The zero-order valence-corrected chi connectivity index (χ0v) is 9.03. The predicted octanol–water partition coefficient (Wildman–Crippen LogP) is 1.29. The standard InChI is InChI=1S/C7H13ClO4S/c1-12-7(9)5-3-2-4-6-13(8,10)11/h2-6H2,1H3. The molecule has 0 radical (unpaired) electrons. The Hall–Kier alpha value is -0.290. The Labute approximate surface area is 82.6 Å². The van der Waals surface area contributed by atoms with Crippen LogP contribution in [-0.2, 0) is 18.6 Å². The van der Waals surface area contributed by atoms with E-state index in [0.717, 1.165) is 0 Å². The molecule has 0 aromatic rings. The zero-order chi connectivity index (χ0) is 10.3. The summed E-state index contributed by atoms with van der Waals surface area (Å²) in [7, 11) is 2.93. The molecule has 0 rings (SSSR count). The maximum Gasteiger partial charge on any atom is 0.305 e. The normalized spacial score (nSPS) is 11.2. The topological polar surface area (TPSA) is 60.4 Å². The molecule has 78 valence electrons. The van der Waals surface area contributed by atoms with E-state index in [0.29, 0.717) is 25.7 Å². The highest BCUT2D eigenvalue weighted by molar-refractivity contribution is 8.13. The average Bonchev–Trinajstić information content (AvgIpc) is 2.01. The molecule has 0 atom stereocenters. The van der Waals surface area contributed by atoms with Gasteiger partial charge in [0.25, 0.3) is 0 Å². The summed E-state index contributed by atoms with van der Waals surface area (Å²) in [5, 5.41) is 0. The fourth-order valence-corrected chi connectivity index (χ4v) is 1.70. The lowest BCUT2D eigenvalue weighted by molar-refractivity contribution is -0.140. The molecule has 0 aromatic carbocycles. The van der Waals surface area contributed by atoms with Crippen LogP contribution in [0.25, 0.3) is 0 Å². The predicted molar refractivity (Wildman–Crippen MR) is 50.1 cm³/mol. The summed E-state index contributed by atoms with van der Waals surface area (Å²) in [4.78, 5) is 10.6. The van der Waals surface area contributed by atoms with Crippen molar-refractivity contribution in [2.24, 2.45) is 0 Å². The van der Waals surface area contributed by atoms with Crippen molar-refractivity contribution in [2.45, 2.75) is 25.7 Å². The van der Waals surface area contributed by atoms with E-state index >= 15 is 0 Å². The van der Waals surface area contributed by atoms with E-state index in [4.69, 9.17) is 10.7 Å². The molecule has 0 bridgehead atoms. The number of hydrogen-bond donors (Lipinski definition) is 0. The van der Waals surface area contributed by atoms with Crippen LogP contribution in [-0.4, -0.2) is 27.2 Å². The number of hydrogen-bond acceptors (Lipinski definition) is 4. The van der Waals surface area contributed by atoms with Gasteiger partial charge in [-0.2, -0.15) is 0 Å². The molecule has 0 aromatic heterocycles. The van der Waals surface area contributed by atoms with E-state index in [1.807, 2.05) is 0 Å². The van der Waals surface area contributed by atoms with Crippen LogP contribution in [0.1, 0.15) is 25.7 Å². The lowest BCUT2D eigenvalue weighted by Gasteiger charge is -1.98. The van der Waals surface area contributed by atoms with E-state index in [-0.39, 0.29) is 11.7 Å². The summed E-state index contributed by atoms with van der Waals surface area (Å²) in [6.07, 6.45) is 2.13. The Bertz CT molecular complexity index is 247. The molecule has 0 heterocycles. The quantitative estimate of drug-likeness (QED) is 0.391. The number of esters is 1. The van der Waals surface area contributed by atoms with Gasteiger partial charge in [0.15, 0.2) is 0 Å². The molecule has 6 heteroatoms. The van der Waals surface area contributed by atoms with Gasteiger partial charge in [-0.3, -0.25) is 4.79 Å². The van der Waals surface area contributed by atoms with Crippen LogP contribution in [0.4, 0.5) is 0 Å². The van der Waals surface area contributed by atoms with E-state index < -0.39 is 9.05 Å². The summed E-state index contributed by atoms with van der Waals surface area (Å²) in [5.41, 5.74) is 0. The first kappa shape index (κ1) is 12.7. The smallest absolute Gasteiger partial charge is 0.305 e. The van der Waals surface area contributed by atoms with Gasteiger partial charge in [-0.15, -0.1) is 0 Å². The lowest BCUT2D eigenvalue weighted by Crippen LogP contribution is -2.01. The number of carbonyl (C=O) groups is 1. The molecular formula is C7H13ClO4S. The van der Waals surface area contributed by atoms with Crippen molar-refractivity contribution in [3.63, 3.8) is 0 Å². The van der Waals surface area contributed by atoms with Gasteiger partial charge in [0.1, 0.15) is 0 Å². The first-order valence-electron chi connectivity index (χ1n) is 3.95. The lowest BCUT2D eigenvalue weighted by atomic mass is 10.2. The Kier molecular flexibility index (Phi) is 6.07. The molecule has 0 unspecified atom stereocenters. The van der Waals surface area contributed by atoms with Crippen molar-refractivity contribution in [3.8, 4) is 0 Å². The third kappa shape index (κ3) is 9.63. The minimum atomic E-state index is -3.37. The van der Waals surface area contributed by atoms with Crippen LogP contribution in [0.3, 0.4) is 0 Å². The number of halogens is 1. The minimum Gasteiger partial charge on any atom is -0.469 e. The van der Waals surface area contributed by atoms with Crippen molar-refractivity contribution in [1.29, 1.82) is 0 Å². The number of methoxy groups -OCH3 is 1. The van der Waals surface area contributed by atoms with Crippen molar-refractivity contribution >= 4 is 25.7 Å². The molecule has 0 aliphatic carbocycles. The largest absolute Gasteiger partial charge is 0.469 e. The van der Waals surface area contributed by atoms with Crippen LogP contribution in [0, 0.1) is 0 Å². The number of carbonyl (C=O) groups excluding carboxylic acids is 1. The summed E-state index contributed by atoms with van der Waals surface area (Å²) >= 11 is 0. The molecule has 0 amide bonds. The summed E-state index contributed by atoms with van der Waals surface area (Å²) in [5.74, 6) is -0.302. The van der Waals surface area contributed by atoms with E-state index in [2.05, 4.69) is 4.74 Å². The van der Waals surface area contributed by atoms with Gasteiger partial charge in [0, 0.05) is 17.1 Å². The molecule has 0 aliphatic rings. The molecule has 13 heavy (non-hydrogen) atoms. The molecule has 0 spiro atoms. The van der Waals surface area contributed by atoms with Crippen LogP contribution >= 0.6 is 10.7 Å². The van der Waals surface area contributed by atoms with Gasteiger partial charge >= 0.3 is 5.97 Å². The molecule has 0 saturated heterocycles. The van der Waals surface area contributed by atoms with Gasteiger partial charge < -0.3 is 4.74 Å². The van der Waals surface area contributed by atoms with Crippen molar-refractivity contribution in [2.75, 3.05) is 12.9 Å². The minimum absolute atomic E-state index is 0.0320. The van der Waals surface area contributed by atoms with Crippen LogP contribution in [0.5, 0.6) is 0 Å². The summed E-state index contributed by atoms with van der Waals surface area (Å²) < 4.78 is 25.3. The number of rotatable bonds is 6. The van der Waals surface area contributed by atoms with E-state index in [1.54, 1.807) is 0 Å². The Balaban J connectivity index is 3.33. The molecule has 0 saturated carbocycles. The van der Waals surface area contributed by atoms with Crippen molar-refractivity contribution in [1.82, 2.24) is 0 Å². The monoisotopic (exact) mass is 228 g/mol. The highest BCUT2D eigenvalue weighted by Crippen LogP contribution is 2.05. The second-order valence-corrected chi connectivity index (χ2v) is 5.53. The first-order chi connectivity index (χ1) is 5.95. The van der Waals surface area contributed by atoms with Crippen molar-refractivity contribution < 1.29 is 17.9 Å². The summed E-state index contributed by atoms with van der Waals surface area (Å²) in [6, 6.07) is 0. The maximum absolute atomic E-state index is 10.6. The van der Waals surface area contributed by atoms with Crippen LogP contribution < -0.4 is 0 Å². The van der Waals surface area contributed by atoms with Crippen molar-refractivity contribution in [3.05, 3.63) is 0 Å². The number of unbranched alkanes of at least 4 members (excludes halogenated alkanes) is 2. The second-order valence-electron chi connectivity index (χ2n) is 2.63.